The number of hydrogen-bond acceptors (Lipinski definition) is 3. The number of hydrogen-bond donors (Lipinski definition) is 0. The van der Waals surface area contributed by atoms with Crippen LogP contribution >= 0.6 is 11.6 Å². The molecule has 0 aliphatic heterocycles. The number of aromatic nitrogens is 1. The maximum atomic E-state index is 12.1. The van der Waals surface area contributed by atoms with E-state index in [0.29, 0.717) is 16.3 Å². The zero-order chi connectivity index (χ0) is 12.3. The minimum Gasteiger partial charge on any atom is -0.497 e. The summed E-state index contributed by atoms with van der Waals surface area (Å²) in [4.78, 5) is 16.1. The van der Waals surface area contributed by atoms with Gasteiger partial charge in [0, 0.05) is 11.8 Å². The van der Waals surface area contributed by atoms with E-state index >= 15 is 0 Å². The molecule has 1 heterocycles. The van der Waals surface area contributed by atoms with E-state index < -0.39 is 0 Å². The molecule has 0 saturated carbocycles. The summed E-state index contributed by atoms with van der Waals surface area (Å²) in [5.74, 6) is 0.506. The number of carbonyl (C=O) groups is 1. The Balaban J connectivity index is 2.34. The van der Waals surface area contributed by atoms with Crippen LogP contribution in [0.3, 0.4) is 0 Å². The van der Waals surface area contributed by atoms with Crippen molar-refractivity contribution >= 4 is 17.4 Å². The molecular formula is C13H10ClNO2. The molecule has 2 rings (SSSR count). The van der Waals surface area contributed by atoms with Gasteiger partial charge >= 0.3 is 0 Å². The van der Waals surface area contributed by atoms with Crippen molar-refractivity contribution in [1.29, 1.82) is 0 Å². The Morgan fingerprint density at radius 1 is 1.24 bits per heavy atom. The molecule has 0 bridgehead atoms. The number of benzene rings is 1. The van der Waals surface area contributed by atoms with Crippen molar-refractivity contribution in [2.45, 2.75) is 0 Å². The van der Waals surface area contributed by atoms with Crippen LogP contribution in [0.15, 0.2) is 42.6 Å². The van der Waals surface area contributed by atoms with Crippen molar-refractivity contribution in [1.82, 2.24) is 4.98 Å². The molecule has 0 atom stereocenters. The monoisotopic (exact) mass is 247 g/mol. The third kappa shape index (κ3) is 2.45. The molecule has 4 heteroatoms. The Hall–Kier alpha value is -1.87. The van der Waals surface area contributed by atoms with Gasteiger partial charge in [-0.15, -0.1) is 0 Å². The van der Waals surface area contributed by atoms with Crippen molar-refractivity contribution in [2.24, 2.45) is 0 Å². The quantitative estimate of drug-likeness (QED) is 0.783. The minimum absolute atomic E-state index is 0.196. The number of methoxy groups -OCH3 is 1. The van der Waals surface area contributed by atoms with Crippen LogP contribution in [-0.2, 0) is 0 Å². The van der Waals surface area contributed by atoms with Crippen LogP contribution in [0.2, 0.25) is 5.02 Å². The van der Waals surface area contributed by atoms with Gasteiger partial charge in [0.2, 0.25) is 5.78 Å². The topological polar surface area (TPSA) is 39.2 Å². The molecule has 1 aromatic heterocycles. The third-order valence-corrected chi connectivity index (χ3v) is 2.63. The first-order chi connectivity index (χ1) is 8.22. The van der Waals surface area contributed by atoms with Gasteiger partial charge in [-0.1, -0.05) is 11.6 Å². The van der Waals surface area contributed by atoms with E-state index in [-0.39, 0.29) is 11.5 Å². The largest absolute Gasteiger partial charge is 0.497 e. The van der Waals surface area contributed by atoms with E-state index in [9.17, 15) is 4.79 Å². The Labute approximate surface area is 104 Å². The number of halogens is 1. The van der Waals surface area contributed by atoms with Crippen LogP contribution in [0.5, 0.6) is 5.75 Å². The second kappa shape index (κ2) is 4.97. The van der Waals surface area contributed by atoms with Gasteiger partial charge in [-0.25, -0.2) is 0 Å². The molecule has 0 aliphatic carbocycles. The highest BCUT2D eigenvalue weighted by Gasteiger charge is 2.13. The van der Waals surface area contributed by atoms with Crippen molar-refractivity contribution in [3.63, 3.8) is 0 Å². The highest BCUT2D eigenvalue weighted by Crippen LogP contribution is 2.18. The summed E-state index contributed by atoms with van der Waals surface area (Å²) < 4.78 is 5.03. The summed E-state index contributed by atoms with van der Waals surface area (Å²) in [5, 5.41) is 0.355. The van der Waals surface area contributed by atoms with Crippen molar-refractivity contribution in [3.8, 4) is 5.75 Å². The Morgan fingerprint density at radius 2 is 1.94 bits per heavy atom. The maximum absolute atomic E-state index is 12.1. The lowest BCUT2D eigenvalue weighted by molar-refractivity contribution is 0.103. The van der Waals surface area contributed by atoms with Gasteiger partial charge in [-0.2, -0.15) is 0 Å². The molecule has 86 valence electrons. The summed E-state index contributed by atoms with van der Waals surface area (Å²) in [6, 6.07) is 10.2. The first kappa shape index (κ1) is 11.6. The molecule has 2 aromatic rings. The predicted molar refractivity (Wildman–Crippen MR) is 65.7 cm³/mol. The maximum Gasteiger partial charge on any atom is 0.212 e. The van der Waals surface area contributed by atoms with Crippen LogP contribution in [-0.4, -0.2) is 17.9 Å². The number of ketones is 1. The average molecular weight is 248 g/mol. The van der Waals surface area contributed by atoms with Gasteiger partial charge in [0.15, 0.2) is 0 Å². The summed E-state index contributed by atoms with van der Waals surface area (Å²) in [6.07, 6.45) is 1.54. The Bertz CT molecular complexity index is 537. The Morgan fingerprint density at radius 3 is 2.53 bits per heavy atom. The first-order valence-corrected chi connectivity index (χ1v) is 5.39. The summed E-state index contributed by atoms with van der Waals surface area (Å²) in [6.45, 7) is 0. The van der Waals surface area contributed by atoms with Gasteiger partial charge in [0.25, 0.3) is 0 Å². The van der Waals surface area contributed by atoms with Crippen molar-refractivity contribution in [3.05, 3.63) is 58.9 Å². The molecule has 0 amide bonds. The van der Waals surface area contributed by atoms with E-state index in [4.69, 9.17) is 16.3 Å². The molecular weight excluding hydrogens is 238 g/mol. The highest BCUT2D eigenvalue weighted by atomic mass is 35.5. The standard InChI is InChI=1S/C13H10ClNO2/c1-17-10-6-4-9(5-7-10)13(16)12-11(14)3-2-8-15-12/h2-8H,1H3. The van der Waals surface area contributed by atoms with Gasteiger partial charge in [-0.3, -0.25) is 9.78 Å². The molecule has 0 saturated heterocycles. The molecule has 0 unspecified atom stereocenters. The fourth-order valence-corrected chi connectivity index (χ4v) is 1.64. The van der Waals surface area contributed by atoms with Crippen LogP contribution in [0.25, 0.3) is 0 Å². The molecule has 17 heavy (non-hydrogen) atoms. The lowest BCUT2D eigenvalue weighted by Crippen LogP contribution is -2.04. The molecule has 0 aliphatic rings. The summed E-state index contributed by atoms with van der Waals surface area (Å²) >= 11 is 5.92. The van der Waals surface area contributed by atoms with Gasteiger partial charge in [0.05, 0.1) is 12.1 Å². The first-order valence-electron chi connectivity index (χ1n) is 5.01. The van der Waals surface area contributed by atoms with E-state index in [2.05, 4.69) is 4.98 Å². The molecule has 0 N–H and O–H groups in total. The van der Waals surface area contributed by atoms with Gasteiger partial charge < -0.3 is 4.74 Å². The minimum atomic E-state index is -0.196. The fourth-order valence-electron chi connectivity index (χ4n) is 1.43. The van der Waals surface area contributed by atoms with Crippen molar-refractivity contribution < 1.29 is 9.53 Å². The normalized spacial score (nSPS) is 10.0. The van der Waals surface area contributed by atoms with Crippen LogP contribution in [0.1, 0.15) is 16.1 Å². The number of pyridine rings is 1. The Kier molecular flexibility index (Phi) is 3.40. The number of nitrogens with zero attached hydrogens (tertiary/aromatic N) is 1. The smallest absolute Gasteiger partial charge is 0.212 e. The van der Waals surface area contributed by atoms with E-state index in [1.165, 1.54) is 0 Å². The highest BCUT2D eigenvalue weighted by molar-refractivity contribution is 6.34. The fraction of sp³-hybridized carbons (Fsp3) is 0.0769. The molecule has 3 nitrogen and oxygen atoms in total. The second-order valence-electron chi connectivity index (χ2n) is 3.39. The third-order valence-electron chi connectivity index (χ3n) is 2.33. The number of carbonyl (C=O) groups excluding carboxylic acids is 1. The predicted octanol–water partition coefficient (Wildman–Crippen LogP) is 2.97. The van der Waals surface area contributed by atoms with Crippen LogP contribution in [0, 0.1) is 0 Å². The zero-order valence-electron chi connectivity index (χ0n) is 9.18. The summed E-state index contributed by atoms with van der Waals surface area (Å²) in [7, 11) is 1.58. The van der Waals surface area contributed by atoms with Crippen LogP contribution in [0.4, 0.5) is 0 Å². The molecule has 0 radical (unpaired) electrons. The lowest BCUT2D eigenvalue weighted by Gasteiger charge is -2.03. The van der Waals surface area contributed by atoms with Crippen LogP contribution < -0.4 is 4.74 Å². The lowest BCUT2D eigenvalue weighted by atomic mass is 10.1. The summed E-state index contributed by atoms with van der Waals surface area (Å²) in [5.41, 5.74) is 0.797. The molecule has 0 spiro atoms. The number of ether oxygens (including phenoxy) is 1. The van der Waals surface area contributed by atoms with E-state index in [1.54, 1.807) is 49.7 Å². The molecule has 0 fully saturated rings. The SMILES string of the molecule is COc1ccc(C(=O)c2ncccc2Cl)cc1. The number of rotatable bonds is 3. The van der Waals surface area contributed by atoms with Crippen molar-refractivity contribution in [2.75, 3.05) is 7.11 Å². The second-order valence-corrected chi connectivity index (χ2v) is 3.80. The van der Waals surface area contributed by atoms with E-state index in [0.717, 1.165) is 0 Å². The molecule has 1 aromatic carbocycles. The average Bonchev–Trinajstić information content (AvgIpc) is 2.39. The zero-order valence-corrected chi connectivity index (χ0v) is 9.94. The van der Waals surface area contributed by atoms with Gasteiger partial charge in [0.1, 0.15) is 11.4 Å². The van der Waals surface area contributed by atoms with Gasteiger partial charge in [-0.05, 0) is 36.4 Å². The van der Waals surface area contributed by atoms with E-state index in [1.807, 2.05) is 0 Å².